The second-order valence-corrected chi connectivity index (χ2v) is 6.92. The number of hydrogen-bond acceptors (Lipinski definition) is 5. The number of sulfonamides is 1. The summed E-state index contributed by atoms with van der Waals surface area (Å²) in [7, 11) is -2.01. The van der Waals surface area contributed by atoms with E-state index in [0.717, 1.165) is 11.2 Å². The van der Waals surface area contributed by atoms with Crippen molar-refractivity contribution in [3.8, 4) is 0 Å². The summed E-state index contributed by atoms with van der Waals surface area (Å²) in [5, 5.41) is 9.09. The first-order chi connectivity index (χ1) is 9.45. The third-order valence-electron chi connectivity index (χ3n) is 3.05. The van der Waals surface area contributed by atoms with Crippen molar-refractivity contribution in [1.29, 1.82) is 0 Å². The lowest BCUT2D eigenvalue weighted by Gasteiger charge is -2.30. The molecule has 0 aromatic carbocycles. The summed E-state index contributed by atoms with van der Waals surface area (Å²) >= 11 is 0. The first kappa shape index (κ1) is 17.2. The van der Waals surface area contributed by atoms with E-state index in [1.807, 2.05) is 0 Å². The highest BCUT2D eigenvalue weighted by atomic mass is 32.2. The van der Waals surface area contributed by atoms with Gasteiger partial charge in [0.2, 0.25) is 10.0 Å². The molecule has 0 radical (unpaired) electrons. The number of aliphatic carboxylic acids is 1. The maximum atomic E-state index is 12.1. The van der Waals surface area contributed by atoms with Gasteiger partial charge in [-0.2, -0.15) is 0 Å². The van der Waals surface area contributed by atoms with Crippen LogP contribution in [0, 0.1) is 0 Å². The largest absolute Gasteiger partial charge is 0.480 e. The van der Waals surface area contributed by atoms with Crippen molar-refractivity contribution < 1.29 is 27.5 Å². The Morgan fingerprint density at radius 1 is 1.38 bits per heavy atom. The highest BCUT2D eigenvalue weighted by molar-refractivity contribution is 7.88. The molecule has 8 nitrogen and oxygen atoms in total. The molecule has 0 spiro atoms. The predicted molar refractivity (Wildman–Crippen MR) is 74.2 cm³/mol. The number of hydrogen-bond donors (Lipinski definition) is 2. The van der Waals surface area contributed by atoms with E-state index in [9.17, 15) is 18.0 Å². The zero-order valence-electron chi connectivity index (χ0n) is 12.2. The van der Waals surface area contributed by atoms with E-state index in [2.05, 4.69) is 4.72 Å². The molecule has 0 saturated heterocycles. The number of carboxylic acids is 1. The van der Waals surface area contributed by atoms with Crippen molar-refractivity contribution in [2.45, 2.75) is 25.9 Å². The van der Waals surface area contributed by atoms with Gasteiger partial charge in [-0.05, 0) is 26.0 Å². The number of carboxylic acid groups (broad SMARTS) is 1. The number of nitrogens with one attached hydrogen (secondary N) is 1. The Morgan fingerprint density at radius 3 is 2.43 bits per heavy atom. The molecular weight excluding hydrogens is 300 g/mol. The van der Waals surface area contributed by atoms with Crippen molar-refractivity contribution in [2.24, 2.45) is 0 Å². The molecule has 1 aromatic rings. The normalized spacial score (nSPS) is 12.2. The predicted octanol–water partition coefficient (Wildman–Crippen LogP) is 0.264. The van der Waals surface area contributed by atoms with Crippen LogP contribution in [0.4, 0.5) is 0 Å². The van der Waals surface area contributed by atoms with Gasteiger partial charge in [-0.1, -0.05) is 0 Å². The molecule has 9 heteroatoms. The molecule has 21 heavy (non-hydrogen) atoms. The van der Waals surface area contributed by atoms with E-state index in [-0.39, 0.29) is 18.1 Å². The number of rotatable bonds is 6. The Hall–Kier alpha value is -1.87. The summed E-state index contributed by atoms with van der Waals surface area (Å²) in [5.74, 6) is -1.56. The second-order valence-electron chi connectivity index (χ2n) is 5.09. The SMILES string of the molecule is CN(C(=O)c1ccc(CNS(C)(=O)=O)o1)C(C)(C)C(=O)O. The van der Waals surface area contributed by atoms with Crippen LogP contribution >= 0.6 is 0 Å². The van der Waals surface area contributed by atoms with Gasteiger partial charge in [-0.15, -0.1) is 0 Å². The summed E-state index contributed by atoms with van der Waals surface area (Å²) in [6.45, 7) is 2.70. The summed E-state index contributed by atoms with van der Waals surface area (Å²) in [4.78, 5) is 24.3. The molecule has 0 unspecified atom stereocenters. The molecule has 118 valence electrons. The molecule has 0 aliphatic heterocycles. The first-order valence-corrected chi connectivity index (χ1v) is 7.89. The van der Waals surface area contributed by atoms with Gasteiger partial charge in [-0.25, -0.2) is 17.9 Å². The van der Waals surface area contributed by atoms with Crippen LogP contribution in [0.2, 0.25) is 0 Å². The molecule has 0 aliphatic carbocycles. The summed E-state index contributed by atoms with van der Waals surface area (Å²) < 4.78 is 29.4. The molecule has 0 fully saturated rings. The summed E-state index contributed by atoms with van der Waals surface area (Å²) in [6.07, 6.45) is 1.01. The van der Waals surface area contributed by atoms with Crippen LogP contribution in [0.5, 0.6) is 0 Å². The summed E-state index contributed by atoms with van der Waals surface area (Å²) in [6, 6.07) is 2.82. The Bertz CT molecular complexity index is 646. The fourth-order valence-electron chi connectivity index (χ4n) is 1.35. The lowest BCUT2D eigenvalue weighted by molar-refractivity contribution is -0.147. The third-order valence-corrected chi connectivity index (χ3v) is 3.72. The van der Waals surface area contributed by atoms with E-state index in [1.165, 1.54) is 33.0 Å². The number of carbonyl (C=O) groups excluding carboxylic acids is 1. The monoisotopic (exact) mass is 318 g/mol. The van der Waals surface area contributed by atoms with E-state index in [1.54, 1.807) is 0 Å². The highest BCUT2D eigenvalue weighted by Gasteiger charge is 2.36. The zero-order valence-corrected chi connectivity index (χ0v) is 13.0. The van der Waals surface area contributed by atoms with Gasteiger partial charge in [0.15, 0.2) is 5.76 Å². The Kier molecular flexibility index (Phi) is 4.79. The van der Waals surface area contributed by atoms with Crippen molar-refractivity contribution in [2.75, 3.05) is 13.3 Å². The maximum Gasteiger partial charge on any atom is 0.329 e. The molecule has 0 bridgehead atoms. The highest BCUT2D eigenvalue weighted by Crippen LogP contribution is 2.18. The van der Waals surface area contributed by atoms with Gasteiger partial charge < -0.3 is 14.4 Å². The van der Waals surface area contributed by atoms with Crippen molar-refractivity contribution in [1.82, 2.24) is 9.62 Å². The summed E-state index contributed by atoms with van der Waals surface area (Å²) in [5.41, 5.74) is -1.39. The standard InChI is InChI=1S/C12H18N2O6S/c1-12(2,11(16)17)14(3)10(15)9-6-5-8(20-9)7-13-21(4,18)19/h5-6,13H,7H2,1-4H3,(H,16,17). The number of carbonyl (C=O) groups is 2. The minimum atomic E-state index is -3.37. The third kappa shape index (κ3) is 4.30. The Balaban J connectivity index is 2.86. The molecule has 0 aliphatic rings. The van der Waals surface area contributed by atoms with Crippen molar-refractivity contribution in [3.05, 3.63) is 23.7 Å². The lowest BCUT2D eigenvalue weighted by Crippen LogP contribution is -2.50. The van der Waals surface area contributed by atoms with E-state index >= 15 is 0 Å². The number of nitrogens with zero attached hydrogens (tertiary/aromatic N) is 1. The van der Waals surface area contributed by atoms with Gasteiger partial charge in [0.05, 0.1) is 12.8 Å². The van der Waals surface area contributed by atoms with Gasteiger partial charge >= 0.3 is 5.97 Å². The van der Waals surface area contributed by atoms with Crippen LogP contribution in [0.1, 0.15) is 30.2 Å². The van der Waals surface area contributed by atoms with Crippen molar-refractivity contribution >= 4 is 21.9 Å². The molecule has 0 saturated carbocycles. The number of likely N-dealkylation sites (N-methyl/N-ethyl adjacent to an activating group) is 1. The smallest absolute Gasteiger partial charge is 0.329 e. The molecule has 1 heterocycles. The van der Waals surface area contributed by atoms with Crippen LogP contribution < -0.4 is 4.72 Å². The average molecular weight is 318 g/mol. The molecule has 0 atom stereocenters. The molecule has 1 amide bonds. The minimum Gasteiger partial charge on any atom is -0.480 e. The maximum absolute atomic E-state index is 12.1. The van der Waals surface area contributed by atoms with Crippen LogP contribution in [0.15, 0.2) is 16.5 Å². The lowest BCUT2D eigenvalue weighted by atomic mass is 10.0. The van der Waals surface area contributed by atoms with E-state index in [4.69, 9.17) is 9.52 Å². The molecular formula is C12H18N2O6S. The van der Waals surface area contributed by atoms with Gasteiger partial charge in [0.1, 0.15) is 11.3 Å². The van der Waals surface area contributed by atoms with Crippen molar-refractivity contribution in [3.63, 3.8) is 0 Å². The zero-order chi connectivity index (χ0) is 16.4. The van der Waals surface area contributed by atoms with Gasteiger partial charge in [-0.3, -0.25) is 4.79 Å². The van der Waals surface area contributed by atoms with Crippen LogP contribution in [0.3, 0.4) is 0 Å². The topological polar surface area (TPSA) is 117 Å². The Morgan fingerprint density at radius 2 is 1.95 bits per heavy atom. The first-order valence-electron chi connectivity index (χ1n) is 6.00. The molecule has 1 rings (SSSR count). The average Bonchev–Trinajstić information content (AvgIpc) is 2.82. The molecule has 2 N–H and O–H groups in total. The van der Waals surface area contributed by atoms with Crippen LogP contribution in [-0.4, -0.2) is 49.1 Å². The number of furan rings is 1. The fraction of sp³-hybridized carbons (Fsp3) is 0.500. The Labute approximate surface area is 122 Å². The van der Waals surface area contributed by atoms with Gasteiger partial charge in [0, 0.05) is 7.05 Å². The second kappa shape index (κ2) is 5.86. The van der Waals surface area contributed by atoms with Crippen LogP contribution in [0.25, 0.3) is 0 Å². The van der Waals surface area contributed by atoms with Gasteiger partial charge in [0.25, 0.3) is 5.91 Å². The van der Waals surface area contributed by atoms with Crippen LogP contribution in [-0.2, 0) is 21.4 Å². The minimum absolute atomic E-state index is 0.0582. The fourth-order valence-corrected chi connectivity index (χ4v) is 1.76. The van der Waals surface area contributed by atoms with E-state index < -0.39 is 27.4 Å². The molecule has 1 aromatic heterocycles. The quantitative estimate of drug-likeness (QED) is 0.777. The van der Waals surface area contributed by atoms with E-state index in [0.29, 0.717) is 0 Å². The number of amides is 1.